The minimum Gasteiger partial charge on any atom is -0.389 e. The second kappa shape index (κ2) is 24.3. The fraction of sp³-hybridized carbons (Fsp3) is 0.818. The zero-order valence-corrected chi connectivity index (χ0v) is 29.0. The van der Waals surface area contributed by atoms with E-state index in [1.165, 1.54) is 51.4 Å². The number of unbranched alkanes of at least 4 members (excludes halogenated alkanes) is 16. The Kier molecular flexibility index (Phi) is 22.8. The molecule has 5 N–H and O–H groups in total. The Bertz CT molecular complexity index is 975. The van der Waals surface area contributed by atoms with Crippen LogP contribution in [0.4, 0.5) is 0 Å². The number of hydrogen-bond acceptors (Lipinski definition) is 6. The van der Waals surface area contributed by atoms with Crippen LogP contribution in [0.25, 0.3) is 0 Å². The summed E-state index contributed by atoms with van der Waals surface area (Å²) in [6, 6.07) is 7.80. The van der Waals surface area contributed by atoms with E-state index in [0.29, 0.717) is 18.4 Å². The van der Waals surface area contributed by atoms with Gasteiger partial charge in [-0.2, -0.15) is 0 Å². The lowest BCUT2D eigenvalue weighted by molar-refractivity contribution is -0.0979. The van der Waals surface area contributed by atoms with Crippen molar-refractivity contribution in [3.05, 3.63) is 35.9 Å². The summed E-state index contributed by atoms with van der Waals surface area (Å²) in [5, 5.41) is 21.9. The van der Waals surface area contributed by atoms with Crippen LogP contribution < -0.4 is 4.72 Å². The minimum atomic E-state index is -5.08. The van der Waals surface area contributed by atoms with Crippen molar-refractivity contribution in [2.75, 3.05) is 5.75 Å². The highest BCUT2D eigenvalue weighted by Crippen LogP contribution is 2.43. The Balaban J connectivity index is 2.85. The molecule has 1 aromatic rings. The quantitative estimate of drug-likeness (QED) is 0.0447. The molecule has 0 aliphatic heterocycles. The minimum absolute atomic E-state index is 0.0974. The summed E-state index contributed by atoms with van der Waals surface area (Å²) in [5.74, 6) is -2.41. The third-order valence-electron chi connectivity index (χ3n) is 8.14. The Labute approximate surface area is 267 Å². The topological polar surface area (TPSA) is 153 Å². The highest BCUT2D eigenvalue weighted by atomic mass is 32.2. The van der Waals surface area contributed by atoms with Crippen molar-refractivity contribution in [3.63, 3.8) is 0 Å². The number of benzene rings is 1. The molecule has 4 atom stereocenters. The molecule has 4 unspecified atom stereocenters. The molecule has 0 saturated carbocycles. The van der Waals surface area contributed by atoms with Gasteiger partial charge in [0, 0.05) is 0 Å². The van der Waals surface area contributed by atoms with E-state index < -0.39 is 41.7 Å². The Morgan fingerprint density at radius 1 is 0.727 bits per heavy atom. The van der Waals surface area contributed by atoms with Crippen molar-refractivity contribution in [2.45, 2.75) is 167 Å². The van der Waals surface area contributed by atoms with Crippen LogP contribution >= 0.6 is 7.60 Å². The molecular weight excluding hydrogens is 601 g/mol. The van der Waals surface area contributed by atoms with E-state index in [1.54, 1.807) is 24.3 Å². The standard InChI is InChI=1S/C33H62NO8PS/c1-3-5-7-9-11-13-14-15-17-22-26-30(34-44(40,41)27-23-18-16-12-10-8-6-4-2)31(35)32(33(36)43(37,38)39)42-28-29-24-20-19-21-25-29/h19-21,24-25,30-36H,3-18,22-23,26-28H2,1-2H3,(H2,37,38,39). The molecule has 44 heavy (non-hydrogen) atoms. The van der Waals surface area contributed by atoms with E-state index in [1.807, 2.05) is 6.07 Å². The number of aliphatic hydroxyl groups excluding tert-OH is 2. The Morgan fingerprint density at radius 2 is 1.18 bits per heavy atom. The van der Waals surface area contributed by atoms with Crippen molar-refractivity contribution >= 4 is 17.6 Å². The largest absolute Gasteiger partial charge is 0.389 e. The normalized spacial score (nSPS) is 15.2. The first-order chi connectivity index (χ1) is 21.0. The van der Waals surface area contributed by atoms with Crippen LogP contribution in [0.3, 0.4) is 0 Å². The van der Waals surface area contributed by atoms with Crippen LogP contribution in [-0.2, 0) is 25.9 Å². The van der Waals surface area contributed by atoms with Crippen LogP contribution in [0.15, 0.2) is 30.3 Å². The average Bonchev–Trinajstić information content (AvgIpc) is 2.98. The lowest BCUT2D eigenvalue weighted by Crippen LogP contribution is -2.53. The second-order valence-electron chi connectivity index (χ2n) is 12.2. The van der Waals surface area contributed by atoms with Gasteiger partial charge in [0.05, 0.1) is 24.5 Å². The summed E-state index contributed by atoms with van der Waals surface area (Å²) >= 11 is 0. The van der Waals surface area contributed by atoms with Crippen molar-refractivity contribution < 1.29 is 37.7 Å². The molecule has 0 amide bonds. The van der Waals surface area contributed by atoms with E-state index >= 15 is 0 Å². The van der Waals surface area contributed by atoms with Crippen molar-refractivity contribution in [1.82, 2.24) is 4.72 Å². The van der Waals surface area contributed by atoms with Gasteiger partial charge in [-0.15, -0.1) is 0 Å². The molecule has 0 aromatic heterocycles. The maximum Gasteiger partial charge on any atom is 0.356 e. The predicted octanol–water partition coefficient (Wildman–Crippen LogP) is 7.17. The van der Waals surface area contributed by atoms with Gasteiger partial charge in [0.15, 0.2) is 5.85 Å². The lowest BCUT2D eigenvalue weighted by Gasteiger charge is -2.33. The molecule has 0 aliphatic carbocycles. The van der Waals surface area contributed by atoms with Gasteiger partial charge in [-0.1, -0.05) is 153 Å². The molecule has 258 valence electrons. The number of ether oxygens (including phenoxy) is 1. The molecule has 0 fully saturated rings. The maximum atomic E-state index is 13.1. The summed E-state index contributed by atoms with van der Waals surface area (Å²) in [6.45, 7) is 4.25. The van der Waals surface area contributed by atoms with E-state index in [0.717, 1.165) is 51.4 Å². The molecule has 9 nitrogen and oxygen atoms in total. The van der Waals surface area contributed by atoms with Crippen LogP contribution in [0, 0.1) is 0 Å². The summed E-state index contributed by atoms with van der Waals surface area (Å²) in [7, 11) is -8.87. The van der Waals surface area contributed by atoms with E-state index in [-0.39, 0.29) is 18.8 Å². The molecule has 0 saturated heterocycles. The molecule has 0 radical (unpaired) electrons. The third-order valence-corrected chi connectivity index (χ3v) is 10.6. The summed E-state index contributed by atoms with van der Waals surface area (Å²) in [6.07, 6.45) is 15.9. The second-order valence-corrected chi connectivity index (χ2v) is 15.8. The highest BCUT2D eigenvalue weighted by Gasteiger charge is 2.43. The summed E-state index contributed by atoms with van der Waals surface area (Å²) < 4.78 is 46.5. The van der Waals surface area contributed by atoms with Crippen LogP contribution in [0.2, 0.25) is 0 Å². The average molecular weight is 664 g/mol. The van der Waals surface area contributed by atoms with Gasteiger partial charge in [0.25, 0.3) is 0 Å². The van der Waals surface area contributed by atoms with Gasteiger partial charge in [0.2, 0.25) is 10.0 Å². The van der Waals surface area contributed by atoms with Crippen LogP contribution in [0.5, 0.6) is 0 Å². The molecule has 0 spiro atoms. The number of rotatable bonds is 29. The van der Waals surface area contributed by atoms with Gasteiger partial charge in [-0.3, -0.25) is 4.57 Å². The molecule has 1 rings (SSSR count). The van der Waals surface area contributed by atoms with Crippen molar-refractivity contribution in [2.24, 2.45) is 0 Å². The Hall–Kier alpha value is -0.840. The molecule has 1 aromatic carbocycles. The molecule has 11 heteroatoms. The maximum absolute atomic E-state index is 13.1. The number of sulfonamides is 1. The van der Waals surface area contributed by atoms with Crippen molar-refractivity contribution in [1.29, 1.82) is 0 Å². The molecule has 0 bridgehead atoms. The number of nitrogens with one attached hydrogen (secondary N) is 1. The van der Waals surface area contributed by atoms with E-state index in [9.17, 15) is 33.0 Å². The summed E-state index contributed by atoms with van der Waals surface area (Å²) in [5.41, 5.74) is 0.684. The van der Waals surface area contributed by atoms with Crippen molar-refractivity contribution in [3.8, 4) is 0 Å². The first-order valence-corrected chi connectivity index (χ1v) is 20.4. The Morgan fingerprint density at radius 3 is 1.66 bits per heavy atom. The van der Waals surface area contributed by atoms with E-state index in [2.05, 4.69) is 18.6 Å². The lowest BCUT2D eigenvalue weighted by atomic mass is 9.99. The monoisotopic (exact) mass is 663 g/mol. The zero-order chi connectivity index (χ0) is 32.7. The van der Waals surface area contributed by atoms with E-state index in [4.69, 9.17) is 4.74 Å². The zero-order valence-electron chi connectivity index (χ0n) is 27.3. The van der Waals surface area contributed by atoms with Crippen LogP contribution in [0.1, 0.15) is 141 Å². The number of aliphatic hydroxyl groups is 2. The first-order valence-electron chi connectivity index (χ1n) is 17.1. The smallest absolute Gasteiger partial charge is 0.356 e. The fourth-order valence-corrected chi connectivity index (χ4v) is 7.48. The van der Waals surface area contributed by atoms with Gasteiger partial charge in [-0.25, -0.2) is 13.1 Å². The van der Waals surface area contributed by atoms with Gasteiger partial charge in [0.1, 0.15) is 6.10 Å². The molecule has 0 aliphatic rings. The van der Waals surface area contributed by atoms with Gasteiger partial charge in [-0.05, 0) is 18.4 Å². The molecule has 0 heterocycles. The number of hydrogen-bond donors (Lipinski definition) is 5. The summed E-state index contributed by atoms with van der Waals surface area (Å²) in [4.78, 5) is 19.5. The van der Waals surface area contributed by atoms with Gasteiger partial charge < -0.3 is 24.7 Å². The SMILES string of the molecule is CCCCCCCCCCCCC(NS(=O)(=O)CCCCCCCCCC)C(O)C(OCc1ccccc1)C(O)P(=O)(O)O. The highest BCUT2D eigenvalue weighted by molar-refractivity contribution is 7.89. The third kappa shape index (κ3) is 19.6. The predicted molar refractivity (Wildman–Crippen MR) is 179 cm³/mol. The van der Waals surface area contributed by atoms with Crippen LogP contribution in [-0.4, -0.2) is 58.3 Å². The first kappa shape index (κ1) is 41.2. The van der Waals surface area contributed by atoms with Gasteiger partial charge >= 0.3 is 7.60 Å². The molecular formula is C33H62NO8PS. The fourth-order valence-electron chi connectivity index (χ4n) is 5.41.